The fourth-order valence-corrected chi connectivity index (χ4v) is 1.76. The molecule has 0 spiro atoms. The van der Waals surface area contributed by atoms with Crippen LogP contribution in [-0.2, 0) is 13.2 Å². The van der Waals surface area contributed by atoms with Crippen LogP contribution in [0.4, 0.5) is 0 Å². The second kappa shape index (κ2) is 5.10. The second-order valence-electron chi connectivity index (χ2n) is 4.49. The van der Waals surface area contributed by atoms with Gasteiger partial charge in [0, 0.05) is 24.5 Å². The van der Waals surface area contributed by atoms with Crippen LogP contribution < -0.4 is 0 Å². The van der Waals surface area contributed by atoms with Crippen molar-refractivity contribution < 1.29 is 5.11 Å². The number of aromatic nitrogens is 3. The van der Waals surface area contributed by atoms with Gasteiger partial charge in [-0.1, -0.05) is 19.9 Å². The van der Waals surface area contributed by atoms with Gasteiger partial charge in [-0.25, -0.2) is 0 Å². The third-order valence-corrected chi connectivity index (χ3v) is 2.47. The standard InChI is InChI=1S/C13H17N3O/c1-10(2)7-16-8-11(9-17)13(15-16)12-5-3-4-6-14-12/h3-6,8,10,17H,7,9H2,1-2H3. The summed E-state index contributed by atoms with van der Waals surface area (Å²) in [6.45, 7) is 5.12. The minimum Gasteiger partial charge on any atom is -0.392 e. The van der Waals surface area contributed by atoms with E-state index in [1.807, 2.05) is 29.1 Å². The largest absolute Gasteiger partial charge is 0.392 e. The van der Waals surface area contributed by atoms with Crippen molar-refractivity contribution in [2.45, 2.75) is 27.0 Å². The first-order valence-corrected chi connectivity index (χ1v) is 5.79. The molecule has 4 heteroatoms. The lowest BCUT2D eigenvalue weighted by molar-refractivity contribution is 0.282. The van der Waals surface area contributed by atoms with Crippen LogP contribution in [0, 0.1) is 5.92 Å². The Morgan fingerprint density at radius 1 is 1.35 bits per heavy atom. The zero-order valence-corrected chi connectivity index (χ0v) is 10.2. The van der Waals surface area contributed by atoms with E-state index in [0.717, 1.165) is 23.5 Å². The maximum Gasteiger partial charge on any atom is 0.116 e. The Kier molecular flexibility index (Phi) is 3.54. The molecule has 0 radical (unpaired) electrons. The first-order valence-electron chi connectivity index (χ1n) is 5.79. The van der Waals surface area contributed by atoms with E-state index in [1.165, 1.54) is 0 Å². The van der Waals surface area contributed by atoms with Crippen molar-refractivity contribution in [2.24, 2.45) is 5.92 Å². The van der Waals surface area contributed by atoms with E-state index in [0.29, 0.717) is 5.92 Å². The van der Waals surface area contributed by atoms with E-state index < -0.39 is 0 Å². The Hall–Kier alpha value is -1.68. The number of aliphatic hydroxyl groups excluding tert-OH is 1. The first-order chi connectivity index (χ1) is 8.20. The van der Waals surface area contributed by atoms with E-state index >= 15 is 0 Å². The minimum atomic E-state index is -0.00992. The average molecular weight is 231 g/mol. The van der Waals surface area contributed by atoms with Crippen molar-refractivity contribution in [3.8, 4) is 11.4 Å². The summed E-state index contributed by atoms with van der Waals surface area (Å²) in [5, 5.41) is 13.8. The Bertz CT molecular complexity index is 477. The maximum atomic E-state index is 9.35. The Balaban J connectivity index is 2.36. The summed E-state index contributed by atoms with van der Waals surface area (Å²) in [4.78, 5) is 4.26. The van der Waals surface area contributed by atoms with Gasteiger partial charge in [-0.05, 0) is 18.1 Å². The topological polar surface area (TPSA) is 50.9 Å². The highest BCUT2D eigenvalue weighted by atomic mass is 16.3. The molecule has 0 fully saturated rings. The monoisotopic (exact) mass is 231 g/mol. The average Bonchev–Trinajstić information content (AvgIpc) is 2.72. The molecule has 0 bridgehead atoms. The van der Waals surface area contributed by atoms with E-state index in [2.05, 4.69) is 23.9 Å². The summed E-state index contributed by atoms with van der Waals surface area (Å²) in [7, 11) is 0. The third-order valence-electron chi connectivity index (χ3n) is 2.47. The van der Waals surface area contributed by atoms with Gasteiger partial charge >= 0.3 is 0 Å². The SMILES string of the molecule is CC(C)Cn1cc(CO)c(-c2ccccn2)n1. The van der Waals surface area contributed by atoms with Gasteiger partial charge in [-0.3, -0.25) is 9.67 Å². The van der Waals surface area contributed by atoms with E-state index in [4.69, 9.17) is 0 Å². The van der Waals surface area contributed by atoms with Gasteiger partial charge in [-0.15, -0.1) is 0 Å². The van der Waals surface area contributed by atoms with Gasteiger partial charge in [0.2, 0.25) is 0 Å². The molecule has 0 aliphatic carbocycles. The molecule has 17 heavy (non-hydrogen) atoms. The Morgan fingerprint density at radius 2 is 2.18 bits per heavy atom. The van der Waals surface area contributed by atoms with Crippen molar-refractivity contribution in [3.63, 3.8) is 0 Å². The molecular formula is C13H17N3O. The Morgan fingerprint density at radius 3 is 2.76 bits per heavy atom. The second-order valence-corrected chi connectivity index (χ2v) is 4.49. The van der Waals surface area contributed by atoms with Gasteiger partial charge in [0.05, 0.1) is 12.3 Å². The third kappa shape index (κ3) is 2.71. The molecule has 0 amide bonds. The van der Waals surface area contributed by atoms with Crippen LogP contribution in [0.15, 0.2) is 30.6 Å². The number of aliphatic hydroxyl groups is 1. The smallest absolute Gasteiger partial charge is 0.116 e. The molecule has 0 saturated heterocycles. The molecular weight excluding hydrogens is 214 g/mol. The fraction of sp³-hybridized carbons (Fsp3) is 0.385. The van der Waals surface area contributed by atoms with Crippen LogP contribution in [0.1, 0.15) is 19.4 Å². The van der Waals surface area contributed by atoms with E-state index in [-0.39, 0.29) is 6.61 Å². The van der Waals surface area contributed by atoms with Crippen molar-refractivity contribution >= 4 is 0 Å². The van der Waals surface area contributed by atoms with Gasteiger partial charge < -0.3 is 5.11 Å². The van der Waals surface area contributed by atoms with Crippen LogP contribution in [0.5, 0.6) is 0 Å². The lowest BCUT2D eigenvalue weighted by Gasteiger charge is -2.03. The summed E-state index contributed by atoms with van der Waals surface area (Å²) < 4.78 is 1.88. The fourth-order valence-electron chi connectivity index (χ4n) is 1.76. The molecule has 2 heterocycles. The highest BCUT2D eigenvalue weighted by Crippen LogP contribution is 2.20. The van der Waals surface area contributed by atoms with Crippen molar-refractivity contribution in [1.29, 1.82) is 0 Å². The minimum absolute atomic E-state index is 0.00992. The van der Waals surface area contributed by atoms with Crippen LogP contribution in [-0.4, -0.2) is 19.9 Å². The van der Waals surface area contributed by atoms with Crippen molar-refractivity contribution in [2.75, 3.05) is 0 Å². The Labute approximate surface area is 101 Å². The number of nitrogens with zero attached hydrogens (tertiary/aromatic N) is 3. The van der Waals surface area contributed by atoms with Crippen molar-refractivity contribution in [3.05, 3.63) is 36.2 Å². The molecule has 0 unspecified atom stereocenters. The molecule has 0 aromatic carbocycles. The van der Waals surface area contributed by atoms with Crippen LogP contribution >= 0.6 is 0 Å². The summed E-state index contributed by atoms with van der Waals surface area (Å²) in [6, 6.07) is 5.69. The molecule has 0 aliphatic heterocycles. The lowest BCUT2D eigenvalue weighted by atomic mass is 10.2. The van der Waals surface area contributed by atoms with E-state index in [9.17, 15) is 5.11 Å². The normalized spacial score (nSPS) is 11.1. The summed E-state index contributed by atoms with van der Waals surface area (Å²) >= 11 is 0. The van der Waals surface area contributed by atoms with Crippen molar-refractivity contribution in [1.82, 2.24) is 14.8 Å². The number of pyridine rings is 1. The number of rotatable bonds is 4. The number of hydrogen-bond acceptors (Lipinski definition) is 3. The molecule has 0 atom stereocenters. The molecule has 0 saturated carbocycles. The van der Waals surface area contributed by atoms with Crippen LogP contribution in [0.25, 0.3) is 11.4 Å². The molecule has 0 aliphatic rings. The predicted octanol–water partition coefficient (Wildman–Crippen LogP) is 2.09. The summed E-state index contributed by atoms with van der Waals surface area (Å²) in [6.07, 6.45) is 3.63. The van der Waals surface area contributed by atoms with Crippen LogP contribution in [0.2, 0.25) is 0 Å². The molecule has 2 aromatic heterocycles. The predicted molar refractivity (Wildman–Crippen MR) is 66.2 cm³/mol. The summed E-state index contributed by atoms with van der Waals surface area (Å²) in [5.41, 5.74) is 2.40. The van der Waals surface area contributed by atoms with Gasteiger partial charge in [0.1, 0.15) is 5.69 Å². The number of hydrogen-bond donors (Lipinski definition) is 1. The maximum absolute atomic E-state index is 9.35. The highest BCUT2D eigenvalue weighted by molar-refractivity contribution is 5.57. The molecule has 4 nitrogen and oxygen atoms in total. The van der Waals surface area contributed by atoms with E-state index in [1.54, 1.807) is 6.20 Å². The van der Waals surface area contributed by atoms with Gasteiger partial charge in [-0.2, -0.15) is 5.10 Å². The van der Waals surface area contributed by atoms with Gasteiger partial charge in [0.25, 0.3) is 0 Å². The highest BCUT2D eigenvalue weighted by Gasteiger charge is 2.11. The van der Waals surface area contributed by atoms with Gasteiger partial charge in [0.15, 0.2) is 0 Å². The summed E-state index contributed by atoms with van der Waals surface area (Å²) in [5.74, 6) is 0.526. The zero-order chi connectivity index (χ0) is 12.3. The quantitative estimate of drug-likeness (QED) is 0.876. The first kappa shape index (κ1) is 11.8. The molecule has 2 aromatic rings. The molecule has 2 rings (SSSR count). The lowest BCUT2D eigenvalue weighted by Crippen LogP contribution is -2.04. The molecule has 1 N–H and O–H groups in total. The van der Waals surface area contributed by atoms with Crippen LogP contribution in [0.3, 0.4) is 0 Å². The molecule has 90 valence electrons. The zero-order valence-electron chi connectivity index (χ0n) is 10.2.